The predicted molar refractivity (Wildman–Crippen MR) is 93.9 cm³/mol. The molecule has 2 fully saturated rings. The first-order valence-electron chi connectivity index (χ1n) is 8.71. The van der Waals surface area contributed by atoms with Crippen LogP contribution in [-0.2, 0) is 4.79 Å². The van der Waals surface area contributed by atoms with E-state index in [1.54, 1.807) is 9.80 Å². The number of aryl methyl sites for hydroxylation is 1. The van der Waals surface area contributed by atoms with Gasteiger partial charge in [0.1, 0.15) is 11.5 Å². The van der Waals surface area contributed by atoms with Crippen molar-refractivity contribution in [3.63, 3.8) is 0 Å². The van der Waals surface area contributed by atoms with Crippen molar-refractivity contribution < 1.29 is 9.59 Å². The van der Waals surface area contributed by atoms with Gasteiger partial charge in [-0.15, -0.1) is 0 Å². The topological polar surface area (TPSA) is 69.3 Å². The van der Waals surface area contributed by atoms with Gasteiger partial charge in [0.05, 0.1) is 5.92 Å². The SMILES string of the molecule is Cc1[nH]c(-c2ccccc2)nc1C(=O)N1C[C@H]2CCN(C)C(=O)[C@H]2C1. The molecule has 0 aliphatic carbocycles. The molecule has 0 bridgehead atoms. The summed E-state index contributed by atoms with van der Waals surface area (Å²) in [6, 6.07) is 9.77. The minimum atomic E-state index is -0.0826. The number of carbonyl (C=O) groups is 2. The van der Waals surface area contributed by atoms with Crippen LogP contribution < -0.4 is 0 Å². The van der Waals surface area contributed by atoms with E-state index in [1.165, 1.54) is 0 Å². The van der Waals surface area contributed by atoms with Gasteiger partial charge in [-0.3, -0.25) is 9.59 Å². The molecule has 0 radical (unpaired) electrons. The fourth-order valence-corrected chi connectivity index (χ4v) is 3.91. The van der Waals surface area contributed by atoms with Crippen molar-refractivity contribution in [2.75, 3.05) is 26.7 Å². The Morgan fingerprint density at radius 2 is 2.00 bits per heavy atom. The molecule has 6 nitrogen and oxygen atoms in total. The van der Waals surface area contributed by atoms with E-state index in [0.29, 0.717) is 24.6 Å². The van der Waals surface area contributed by atoms with E-state index in [1.807, 2.05) is 44.3 Å². The Labute approximate surface area is 146 Å². The summed E-state index contributed by atoms with van der Waals surface area (Å²) in [7, 11) is 1.84. The van der Waals surface area contributed by atoms with Crippen molar-refractivity contribution in [3.05, 3.63) is 41.7 Å². The number of benzene rings is 1. The number of hydrogen-bond acceptors (Lipinski definition) is 3. The summed E-state index contributed by atoms with van der Waals surface area (Å²) in [5.74, 6) is 1.00. The van der Waals surface area contributed by atoms with Crippen LogP contribution in [0.2, 0.25) is 0 Å². The summed E-state index contributed by atoms with van der Waals surface area (Å²) >= 11 is 0. The van der Waals surface area contributed by atoms with Gasteiger partial charge in [-0.05, 0) is 19.3 Å². The van der Waals surface area contributed by atoms with Crippen LogP contribution in [-0.4, -0.2) is 58.3 Å². The highest BCUT2D eigenvalue weighted by Gasteiger charge is 2.43. The van der Waals surface area contributed by atoms with Crippen molar-refractivity contribution in [1.82, 2.24) is 19.8 Å². The highest BCUT2D eigenvalue weighted by Crippen LogP contribution is 2.32. The zero-order valence-electron chi connectivity index (χ0n) is 14.5. The quantitative estimate of drug-likeness (QED) is 0.910. The molecular weight excluding hydrogens is 316 g/mol. The number of piperidine rings is 1. The van der Waals surface area contributed by atoms with Crippen LogP contribution in [0.15, 0.2) is 30.3 Å². The number of aromatic nitrogens is 2. The second kappa shape index (κ2) is 6.02. The highest BCUT2D eigenvalue weighted by atomic mass is 16.2. The first-order chi connectivity index (χ1) is 12.0. The standard InChI is InChI=1S/C19H22N4O2/c1-12-16(21-17(20-12)13-6-4-3-5-7-13)19(25)23-10-14-8-9-22(2)18(24)15(14)11-23/h3-7,14-15H,8-11H2,1-2H3,(H,20,21)/t14-,15+/m1/s1. The van der Waals surface area contributed by atoms with Crippen LogP contribution in [0.1, 0.15) is 22.6 Å². The lowest BCUT2D eigenvalue weighted by Gasteiger charge is -2.30. The molecule has 0 spiro atoms. The van der Waals surface area contributed by atoms with Crippen LogP contribution in [0.4, 0.5) is 0 Å². The van der Waals surface area contributed by atoms with E-state index in [2.05, 4.69) is 9.97 Å². The molecule has 2 amide bonds. The average Bonchev–Trinajstić information content (AvgIpc) is 3.23. The molecule has 4 rings (SSSR count). The summed E-state index contributed by atoms with van der Waals surface area (Å²) in [6.45, 7) is 3.80. The van der Waals surface area contributed by atoms with Gasteiger partial charge < -0.3 is 14.8 Å². The summed E-state index contributed by atoms with van der Waals surface area (Å²) < 4.78 is 0. The molecule has 0 unspecified atom stereocenters. The second-order valence-corrected chi connectivity index (χ2v) is 7.05. The van der Waals surface area contributed by atoms with E-state index < -0.39 is 0 Å². The van der Waals surface area contributed by atoms with Crippen LogP contribution in [0.5, 0.6) is 0 Å². The van der Waals surface area contributed by atoms with Crippen LogP contribution >= 0.6 is 0 Å². The third-order valence-electron chi connectivity index (χ3n) is 5.39. The number of H-pyrrole nitrogens is 1. The lowest BCUT2D eigenvalue weighted by molar-refractivity contribution is -0.137. The van der Waals surface area contributed by atoms with Gasteiger partial charge in [0.2, 0.25) is 5.91 Å². The molecular formula is C19H22N4O2. The Bertz CT molecular complexity index is 814. The molecule has 1 aromatic heterocycles. The van der Waals surface area contributed by atoms with Crippen molar-refractivity contribution in [2.24, 2.45) is 11.8 Å². The van der Waals surface area contributed by atoms with Gasteiger partial charge in [0, 0.05) is 37.9 Å². The molecule has 2 atom stereocenters. The molecule has 1 N–H and O–H groups in total. The van der Waals surface area contributed by atoms with Gasteiger partial charge in [-0.2, -0.15) is 0 Å². The smallest absolute Gasteiger partial charge is 0.274 e. The molecule has 2 aromatic rings. The fourth-order valence-electron chi connectivity index (χ4n) is 3.91. The Kier molecular flexibility index (Phi) is 3.82. The van der Waals surface area contributed by atoms with E-state index in [-0.39, 0.29) is 23.7 Å². The Morgan fingerprint density at radius 1 is 1.24 bits per heavy atom. The number of aromatic amines is 1. The largest absolute Gasteiger partial charge is 0.345 e. The molecule has 25 heavy (non-hydrogen) atoms. The third kappa shape index (κ3) is 2.71. The summed E-state index contributed by atoms with van der Waals surface area (Å²) in [5.41, 5.74) is 2.18. The number of amides is 2. The zero-order valence-corrected chi connectivity index (χ0v) is 14.5. The monoisotopic (exact) mass is 338 g/mol. The summed E-state index contributed by atoms with van der Waals surface area (Å²) in [4.78, 5) is 36.6. The number of rotatable bonds is 2. The number of nitrogens with one attached hydrogen (secondary N) is 1. The molecule has 2 aliphatic rings. The van der Waals surface area contributed by atoms with Gasteiger partial charge in [0.15, 0.2) is 0 Å². The zero-order chi connectivity index (χ0) is 17.6. The first kappa shape index (κ1) is 15.9. The molecule has 2 aliphatic heterocycles. The van der Waals surface area contributed by atoms with Crippen LogP contribution in [0.25, 0.3) is 11.4 Å². The van der Waals surface area contributed by atoms with Crippen LogP contribution in [0, 0.1) is 18.8 Å². The maximum absolute atomic E-state index is 13.0. The number of likely N-dealkylation sites (tertiary alicyclic amines) is 2. The van der Waals surface area contributed by atoms with Crippen molar-refractivity contribution in [1.29, 1.82) is 0 Å². The maximum Gasteiger partial charge on any atom is 0.274 e. The Balaban J connectivity index is 1.56. The number of imidazole rings is 1. The second-order valence-electron chi connectivity index (χ2n) is 7.05. The van der Waals surface area contributed by atoms with E-state index >= 15 is 0 Å². The molecule has 130 valence electrons. The fraction of sp³-hybridized carbons (Fsp3) is 0.421. The van der Waals surface area contributed by atoms with Crippen LogP contribution in [0.3, 0.4) is 0 Å². The summed E-state index contributed by atoms with van der Waals surface area (Å²) in [6.07, 6.45) is 0.964. The lowest BCUT2D eigenvalue weighted by Crippen LogP contribution is -2.42. The Morgan fingerprint density at radius 3 is 2.76 bits per heavy atom. The van der Waals surface area contributed by atoms with E-state index in [4.69, 9.17) is 0 Å². The average molecular weight is 338 g/mol. The van der Waals surface area contributed by atoms with Gasteiger partial charge in [0.25, 0.3) is 5.91 Å². The molecule has 3 heterocycles. The minimum absolute atomic E-state index is 0.0597. The molecule has 1 aromatic carbocycles. The van der Waals surface area contributed by atoms with Crippen molar-refractivity contribution in [2.45, 2.75) is 13.3 Å². The molecule has 2 saturated heterocycles. The summed E-state index contributed by atoms with van der Waals surface area (Å²) in [5, 5.41) is 0. The van der Waals surface area contributed by atoms with Gasteiger partial charge >= 0.3 is 0 Å². The molecule has 6 heteroatoms. The van der Waals surface area contributed by atoms with E-state index in [9.17, 15) is 9.59 Å². The third-order valence-corrected chi connectivity index (χ3v) is 5.39. The Hall–Kier alpha value is -2.63. The highest BCUT2D eigenvalue weighted by molar-refractivity contribution is 5.95. The lowest BCUT2D eigenvalue weighted by atomic mass is 9.88. The van der Waals surface area contributed by atoms with E-state index in [0.717, 1.165) is 24.2 Å². The minimum Gasteiger partial charge on any atom is -0.345 e. The van der Waals surface area contributed by atoms with Crippen molar-refractivity contribution in [3.8, 4) is 11.4 Å². The van der Waals surface area contributed by atoms with Crippen molar-refractivity contribution >= 4 is 11.8 Å². The maximum atomic E-state index is 13.0. The predicted octanol–water partition coefficient (Wildman–Crippen LogP) is 1.94. The normalized spacial score (nSPS) is 23.0. The first-order valence-corrected chi connectivity index (χ1v) is 8.71. The number of hydrogen-bond donors (Lipinski definition) is 1. The number of nitrogens with zero attached hydrogens (tertiary/aromatic N) is 3. The number of carbonyl (C=O) groups excluding carboxylic acids is 2. The number of fused-ring (bicyclic) bond motifs is 1. The van der Waals surface area contributed by atoms with Gasteiger partial charge in [-0.1, -0.05) is 30.3 Å². The van der Waals surface area contributed by atoms with Gasteiger partial charge in [-0.25, -0.2) is 4.98 Å². The molecule has 0 saturated carbocycles.